The van der Waals surface area contributed by atoms with Gasteiger partial charge in [0.1, 0.15) is 5.82 Å². The molecule has 3 aromatic carbocycles. The highest BCUT2D eigenvalue weighted by Gasteiger charge is 2.19. The second-order valence-electron chi connectivity index (χ2n) is 6.89. The van der Waals surface area contributed by atoms with E-state index in [9.17, 15) is 9.59 Å². The minimum Gasteiger partial charge on any atom is -0.355 e. The summed E-state index contributed by atoms with van der Waals surface area (Å²) in [6.07, 6.45) is 0. The molecule has 0 bridgehead atoms. The van der Waals surface area contributed by atoms with Crippen molar-refractivity contribution in [2.75, 3.05) is 11.9 Å². The highest BCUT2D eigenvalue weighted by Crippen LogP contribution is 2.22. The monoisotopic (exact) mass is 398 g/mol. The van der Waals surface area contributed by atoms with Gasteiger partial charge in [0.2, 0.25) is 0 Å². The SMILES string of the molecule is CCN(Cc1nc2ccccc2c(=O)[nH]1)C(=O)c1ccccc1Nc1ccccc1. The number of carbonyl (C=O) groups is 1. The summed E-state index contributed by atoms with van der Waals surface area (Å²) in [5, 5.41) is 3.84. The summed E-state index contributed by atoms with van der Waals surface area (Å²) in [5.41, 5.74) is 2.61. The number of carbonyl (C=O) groups excluding carboxylic acids is 1. The van der Waals surface area contributed by atoms with Gasteiger partial charge in [-0.1, -0.05) is 42.5 Å². The number of aromatic nitrogens is 2. The van der Waals surface area contributed by atoms with Crippen LogP contribution in [0.15, 0.2) is 83.7 Å². The van der Waals surface area contributed by atoms with Crippen LogP contribution in [0.5, 0.6) is 0 Å². The first-order valence-corrected chi connectivity index (χ1v) is 9.84. The number of nitrogens with one attached hydrogen (secondary N) is 2. The van der Waals surface area contributed by atoms with Crippen molar-refractivity contribution >= 4 is 28.2 Å². The topological polar surface area (TPSA) is 78.1 Å². The Labute approximate surface area is 174 Å². The summed E-state index contributed by atoms with van der Waals surface area (Å²) in [6, 6.07) is 24.3. The van der Waals surface area contributed by atoms with Crippen LogP contribution in [0.3, 0.4) is 0 Å². The van der Waals surface area contributed by atoms with Crippen LogP contribution in [-0.4, -0.2) is 27.3 Å². The Kier molecular flexibility index (Phi) is 5.57. The van der Waals surface area contributed by atoms with E-state index in [2.05, 4.69) is 15.3 Å². The van der Waals surface area contributed by atoms with Gasteiger partial charge in [-0.3, -0.25) is 9.59 Å². The maximum atomic E-state index is 13.3. The second kappa shape index (κ2) is 8.61. The van der Waals surface area contributed by atoms with Crippen LogP contribution in [0.25, 0.3) is 10.9 Å². The van der Waals surface area contributed by atoms with Gasteiger partial charge in [-0.05, 0) is 43.3 Å². The molecule has 0 aliphatic rings. The summed E-state index contributed by atoms with van der Waals surface area (Å²) >= 11 is 0. The van der Waals surface area contributed by atoms with Gasteiger partial charge in [0.25, 0.3) is 11.5 Å². The van der Waals surface area contributed by atoms with Crippen LogP contribution in [-0.2, 0) is 6.54 Å². The first kappa shape index (κ1) is 19.4. The van der Waals surface area contributed by atoms with E-state index in [1.54, 1.807) is 29.2 Å². The Bertz CT molecular complexity index is 1230. The molecule has 0 spiro atoms. The van der Waals surface area contributed by atoms with Crippen molar-refractivity contribution in [1.29, 1.82) is 0 Å². The number of anilines is 2. The molecule has 0 atom stereocenters. The number of fused-ring (bicyclic) bond motifs is 1. The van der Waals surface area contributed by atoms with Crippen LogP contribution in [0.2, 0.25) is 0 Å². The molecule has 30 heavy (non-hydrogen) atoms. The number of aromatic amines is 1. The summed E-state index contributed by atoms with van der Waals surface area (Å²) in [4.78, 5) is 34.7. The van der Waals surface area contributed by atoms with E-state index in [4.69, 9.17) is 0 Å². The molecule has 1 aromatic heterocycles. The highest BCUT2D eigenvalue weighted by atomic mass is 16.2. The van der Waals surface area contributed by atoms with E-state index in [-0.39, 0.29) is 18.0 Å². The van der Waals surface area contributed by atoms with Gasteiger partial charge in [0.15, 0.2) is 0 Å². The molecular formula is C24H22N4O2. The Hall–Kier alpha value is -3.93. The molecule has 0 saturated carbocycles. The number of hydrogen-bond acceptors (Lipinski definition) is 4. The van der Waals surface area contributed by atoms with Gasteiger partial charge in [-0.15, -0.1) is 0 Å². The number of nitrogens with zero attached hydrogens (tertiary/aromatic N) is 2. The minimum absolute atomic E-state index is 0.132. The number of amides is 1. The number of hydrogen-bond donors (Lipinski definition) is 2. The molecule has 1 amide bonds. The first-order chi connectivity index (χ1) is 14.7. The lowest BCUT2D eigenvalue weighted by molar-refractivity contribution is 0.0749. The molecule has 4 rings (SSSR count). The van der Waals surface area contributed by atoms with Crippen LogP contribution >= 0.6 is 0 Å². The first-order valence-electron chi connectivity index (χ1n) is 9.84. The number of benzene rings is 3. The van der Waals surface area contributed by atoms with Crippen LogP contribution in [0.1, 0.15) is 23.1 Å². The third-order valence-corrected chi connectivity index (χ3v) is 4.88. The van der Waals surface area contributed by atoms with E-state index < -0.39 is 0 Å². The fraction of sp³-hybridized carbons (Fsp3) is 0.125. The van der Waals surface area contributed by atoms with E-state index in [1.807, 2.05) is 61.5 Å². The highest BCUT2D eigenvalue weighted by molar-refractivity contribution is 6.00. The predicted molar refractivity (Wildman–Crippen MR) is 119 cm³/mol. The Balaban J connectivity index is 1.62. The summed E-state index contributed by atoms with van der Waals surface area (Å²) in [5.74, 6) is 0.328. The molecule has 4 aromatic rings. The Morgan fingerprint density at radius 2 is 1.67 bits per heavy atom. The lowest BCUT2D eigenvalue weighted by atomic mass is 10.1. The van der Waals surface area contributed by atoms with Gasteiger partial charge in [0, 0.05) is 12.2 Å². The zero-order valence-electron chi connectivity index (χ0n) is 16.6. The predicted octanol–water partition coefficient (Wildman–Crippen LogP) is 4.33. The third kappa shape index (κ3) is 4.07. The normalized spacial score (nSPS) is 10.7. The van der Waals surface area contributed by atoms with Gasteiger partial charge in [-0.2, -0.15) is 0 Å². The molecule has 0 aliphatic carbocycles. The third-order valence-electron chi connectivity index (χ3n) is 4.88. The van der Waals surface area contributed by atoms with E-state index in [0.29, 0.717) is 28.8 Å². The second-order valence-corrected chi connectivity index (χ2v) is 6.89. The van der Waals surface area contributed by atoms with Gasteiger partial charge in [-0.25, -0.2) is 4.98 Å². The van der Waals surface area contributed by atoms with Gasteiger partial charge in [0.05, 0.1) is 28.7 Å². The standard InChI is InChI=1S/C24H22N4O2/c1-2-28(16-22-26-20-14-8-6-12-18(20)23(29)27-22)24(30)19-13-7-9-15-21(19)25-17-10-4-3-5-11-17/h3-15,25H,2,16H2,1H3,(H,26,27,29). The number of para-hydroxylation sites is 3. The Morgan fingerprint density at radius 3 is 2.47 bits per heavy atom. The average Bonchev–Trinajstić information content (AvgIpc) is 2.78. The molecule has 150 valence electrons. The fourth-order valence-electron chi connectivity index (χ4n) is 3.34. The number of rotatable bonds is 6. The van der Waals surface area contributed by atoms with Crippen LogP contribution in [0.4, 0.5) is 11.4 Å². The zero-order chi connectivity index (χ0) is 20.9. The molecule has 0 radical (unpaired) electrons. The van der Waals surface area contributed by atoms with Crippen molar-refractivity contribution in [3.63, 3.8) is 0 Å². The van der Waals surface area contributed by atoms with Crippen molar-refractivity contribution in [1.82, 2.24) is 14.9 Å². The van der Waals surface area contributed by atoms with Crippen molar-refractivity contribution in [2.24, 2.45) is 0 Å². The van der Waals surface area contributed by atoms with E-state index in [1.165, 1.54) is 0 Å². The lowest BCUT2D eigenvalue weighted by Gasteiger charge is -2.22. The maximum Gasteiger partial charge on any atom is 0.258 e. The Morgan fingerprint density at radius 1 is 0.967 bits per heavy atom. The summed E-state index contributed by atoms with van der Waals surface area (Å²) in [6.45, 7) is 2.61. The van der Waals surface area contributed by atoms with Crippen molar-refractivity contribution in [3.05, 3.63) is 101 Å². The molecule has 0 aliphatic heterocycles. The molecule has 2 N–H and O–H groups in total. The van der Waals surface area contributed by atoms with E-state index >= 15 is 0 Å². The minimum atomic E-state index is -0.203. The maximum absolute atomic E-state index is 13.3. The largest absolute Gasteiger partial charge is 0.355 e. The molecule has 6 heteroatoms. The summed E-state index contributed by atoms with van der Waals surface area (Å²) < 4.78 is 0. The van der Waals surface area contributed by atoms with Crippen molar-refractivity contribution in [2.45, 2.75) is 13.5 Å². The average molecular weight is 398 g/mol. The number of H-pyrrole nitrogens is 1. The van der Waals surface area contributed by atoms with Gasteiger partial charge >= 0.3 is 0 Å². The van der Waals surface area contributed by atoms with Gasteiger partial charge < -0.3 is 15.2 Å². The van der Waals surface area contributed by atoms with E-state index in [0.717, 1.165) is 11.4 Å². The fourth-order valence-corrected chi connectivity index (χ4v) is 3.34. The molecule has 0 unspecified atom stereocenters. The van der Waals surface area contributed by atoms with Crippen LogP contribution < -0.4 is 10.9 Å². The van der Waals surface area contributed by atoms with Crippen LogP contribution in [0, 0.1) is 0 Å². The van der Waals surface area contributed by atoms with Crippen molar-refractivity contribution in [3.8, 4) is 0 Å². The molecule has 0 saturated heterocycles. The molecular weight excluding hydrogens is 376 g/mol. The quantitative estimate of drug-likeness (QED) is 0.507. The molecule has 6 nitrogen and oxygen atoms in total. The smallest absolute Gasteiger partial charge is 0.258 e. The molecule has 0 fully saturated rings. The summed E-state index contributed by atoms with van der Waals surface area (Å²) in [7, 11) is 0. The molecule has 1 heterocycles. The van der Waals surface area contributed by atoms with Crippen molar-refractivity contribution < 1.29 is 4.79 Å². The zero-order valence-corrected chi connectivity index (χ0v) is 16.6. The lowest BCUT2D eigenvalue weighted by Crippen LogP contribution is -2.32.